The van der Waals surface area contributed by atoms with Crippen molar-refractivity contribution in [3.8, 4) is 11.5 Å². The average molecular weight is 502 g/mol. The Morgan fingerprint density at radius 3 is 2.53 bits per heavy atom. The van der Waals surface area contributed by atoms with Gasteiger partial charge < -0.3 is 9.47 Å². The number of fused-ring (bicyclic) bond motifs is 1. The predicted octanol–water partition coefficient (Wildman–Crippen LogP) is 6.07. The van der Waals surface area contributed by atoms with Crippen LogP contribution in [0.5, 0.6) is 11.5 Å². The first-order chi connectivity index (χ1) is 17.6. The molecule has 0 atom stereocenters. The Bertz CT molecular complexity index is 1290. The third-order valence-corrected chi connectivity index (χ3v) is 7.64. The minimum Gasteiger partial charge on any atom is -0.457 e. The molecule has 0 unspecified atom stereocenters. The fourth-order valence-electron chi connectivity index (χ4n) is 4.40. The number of thiazole rings is 1. The maximum absolute atomic E-state index is 13.9. The summed E-state index contributed by atoms with van der Waals surface area (Å²) in [6.45, 7) is 9.10. The summed E-state index contributed by atoms with van der Waals surface area (Å²) in [4.78, 5) is 23.1. The second-order valence-corrected chi connectivity index (χ2v) is 10.1. The highest BCUT2D eigenvalue weighted by Crippen LogP contribution is 2.34. The molecule has 0 saturated carbocycles. The van der Waals surface area contributed by atoms with Crippen molar-refractivity contribution in [3.05, 3.63) is 83.4 Å². The SMILES string of the molecule is Cc1ccc(C)c2sc(N(CCCN3CCOCC3)C(=O)c3cccc(Oc4ccccc4)c3)nc12. The van der Waals surface area contributed by atoms with Gasteiger partial charge in [-0.05, 0) is 61.7 Å². The van der Waals surface area contributed by atoms with Crippen molar-refractivity contribution < 1.29 is 14.3 Å². The van der Waals surface area contributed by atoms with E-state index in [0.717, 1.165) is 65.9 Å². The van der Waals surface area contributed by atoms with Gasteiger partial charge in [0.15, 0.2) is 5.13 Å². The van der Waals surface area contributed by atoms with Crippen molar-refractivity contribution in [1.82, 2.24) is 9.88 Å². The first kappa shape index (κ1) is 24.4. The molecular formula is C29H31N3O3S. The lowest BCUT2D eigenvalue weighted by molar-refractivity contribution is 0.0376. The number of hydrogen-bond acceptors (Lipinski definition) is 6. The summed E-state index contributed by atoms with van der Waals surface area (Å²) in [5.74, 6) is 1.31. The molecule has 1 aromatic heterocycles. The van der Waals surface area contributed by atoms with Crippen LogP contribution in [-0.2, 0) is 4.74 Å². The Morgan fingerprint density at radius 1 is 1.00 bits per heavy atom. The molecule has 1 aliphatic heterocycles. The van der Waals surface area contributed by atoms with E-state index in [-0.39, 0.29) is 5.91 Å². The van der Waals surface area contributed by atoms with Gasteiger partial charge in [0.05, 0.1) is 23.4 Å². The molecule has 3 aromatic carbocycles. The lowest BCUT2D eigenvalue weighted by atomic mass is 10.1. The fraction of sp³-hybridized carbons (Fsp3) is 0.310. The molecule has 7 heteroatoms. The smallest absolute Gasteiger partial charge is 0.260 e. The Hall–Kier alpha value is -3.26. The second kappa shape index (κ2) is 11.2. The van der Waals surface area contributed by atoms with Crippen molar-refractivity contribution in [2.45, 2.75) is 20.3 Å². The maximum atomic E-state index is 13.9. The summed E-state index contributed by atoms with van der Waals surface area (Å²) in [5.41, 5.74) is 3.86. The summed E-state index contributed by atoms with van der Waals surface area (Å²) >= 11 is 1.59. The van der Waals surface area contributed by atoms with E-state index < -0.39 is 0 Å². The molecule has 0 N–H and O–H groups in total. The lowest BCUT2D eigenvalue weighted by Gasteiger charge is -2.27. The maximum Gasteiger partial charge on any atom is 0.260 e. The molecule has 1 saturated heterocycles. The number of nitrogens with zero attached hydrogens (tertiary/aromatic N) is 3. The Morgan fingerprint density at radius 2 is 1.75 bits per heavy atom. The van der Waals surface area contributed by atoms with Crippen molar-refractivity contribution in [2.75, 3.05) is 44.3 Å². The summed E-state index contributed by atoms with van der Waals surface area (Å²) < 4.78 is 12.6. The third-order valence-electron chi connectivity index (χ3n) is 6.43. The first-order valence-electron chi connectivity index (χ1n) is 12.4. The van der Waals surface area contributed by atoms with E-state index in [2.05, 4.69) is 30.9 Å². The van der Waals surface area contributed by atoms with E-state index in [1.165, 1.54) is 5.56 Å². The minimum absolute atomic E-state index is 0.0650. The van der Waals surface area contributed by atoms with Crippen molar-refractivity contribution >= 4 is 32.6 Å². The largest absolute Gasteiger partial charge is 0.457 e. The van der Waals surface area contributed by atoms with Gasteiger partial charge in [0.2, 0.25) is 0 Å². The number of aryl methyl sites for hydroxylation is 2. The number of carbonyl (C=O) groups excluding carboxylic acids is 1. The van der Waals surface area contributed by atoms with E-state index in [1.807, 2.05) is 59.5 Å². The molecule has 0 aliphatic carbocycles. The summed E-state index contributed by atoms with van der Waals surface area (Å²) in [5, 5.41) is 0.740. The first-order valence-corrected chi connectivity index (χ1v) is 13.2. The summed E-state index contributed by atoms with van der Waals surface area (Å²) in [6, 6.07) is 21.2. The van der Waals surface area contributed by atoms with Crippen LogP contribution >= 0.6 is 11.3 Å². The average Bonchev–Trinajstić information content (AvgIpc) is 3.36. The van der Waals surface area contributed by atoms with Crippen LogP contribution in [0.2, 0.25) is 0 Å². The highest BCUT2D eigenvalue weighted by atomic mass is 32.1. The number of aromatic nitrogens is 1. The minimum atomic E-state index is -0.0650. The number of amides is 1. The van der Waals surface area contributed by atoms with Crippen molar-refractivity contribution in [2.24, 2.45) is 0 Å². The van der Waals surface area contributed by atoms with Gasteiger partial charge in [0.25, 0.3) is 5.91 Å². The van der Waals surface area contributed by atoms with Crippen LogP contribution < -0.4 is 9.64 Å². The van der Waals surface area contributed by atoms with Gasteiger partial charge in [-0.25, -0.2) is 4.98 Å². The number of anilines is 1. The zero-order valence-electron chi connectivity index (χ0n) is 20.8. The molecule has 36 heavy (non-hydrogen) atoms. The normalized spacial score (nSPS) is 14.2. The third kappa shape index (κ3) is 5.59. The number of ether oxygens (including phenoxy) is 2. The molecule has 5 rings (SSSR count). The highest BCUT2D eigenvalue weighted by molar-refractivity contribution is 7.22. The molecule has 1 amide bonds. The number of benzene rings is 3. The summed E-state index contributed by atoms with van der Waals surface area (Å²) in [7, 11) is 0. The molecule has 1 aliphatic rings. The Kier molecular flexibility index (Phi) is 7.60. The number of carbonyl (C=O) groups is 1. The number of rotatable bonds is 8. The van der Waals surface area contributed by atoms with Crippen LogP contribution in [0, 0.1) is 13.8 Å². The lowest BCUT2D eigenvalue weighted by Crippen LogP contribution is -2.39. The molecule has 186 valence electrons. The van der Waals surface area contributed by atoms with E-state index in [0.29, 0.717) is 17.9 Å². The topological polar surface area (TPSA) is 54.9 Å². The van der Waals surface area contributed by atoms with Crippen LogP contribution in [0.25, 0.3) is 10.2 Å². The van der Waals surface area contributed by atoms with Gasteiger partial charge in [-0.2, -0.15) is 0 Å². The van der Waals surface area contributed by atoms with Crippen LogP contribution in [0.15, 0.2) is 66.7 Å². The molecular weight excluding hydrogens is 470 g/mol. The van der Waals surface area contributed by atoms with Gasteiger partial charge in [0.1, 0.15) is 11.5 Å². The van der Waals surface area contributed by atoms with Gasteiger partial charge in [-0.3, -0.25) is 14.6 Å². The van der Waals surface area contributed by atoms with E-state index in [1.54, 1.807) is 11.3 Å². The zero-order chi connectivity index (χ0) is 24.9. The molecule has 1 fully saturated rings. The number of para-hydroxylation sites is 1. The Balaban J connectivity index is 1.41. The van der Waals surface area contributed by atoms with Crippen molar-refractivity contribution in [3.63, 3.8) is 0 Å². The summed E-state index contributed by atoms with van der Waals surface area (Å²) in [6.07, 6.45) is 0.861. The quantitative estimate of drug-likeness (QED) is 0.293. The molecule has 6 nitrogen and oxygen atoms in total. The van der Waals surface area contributed by atoms with Gasteiger partial charge >= 0.3 is 0 Å². The second-order valence-electron chi connectivity index (χ2n) is 9.08. The molecule has 0 bridgehead atoms. The van der Waals surface area contributed by atoms with Gasteiger partial charge in [0, 0.05) is 31.7 Å². The van der Waals surface area contributed by atoms with Crippen LogP contribution in [-0.4, -0.2) is 55.2 Å². The fourth-order valence-corrected chi connectivity index (χ4v) is 5.53. The van der Waals surface area contributed by atoms with Crippen LogP contribution in [0.4, 0.5) is 5.13 Å². The van der Waals surface area contributed by atoms with Crippen LogP contribution in [0.3, 0.4) is 0 Å². The molecule has 0 spiro atoms. The van der Waals surface area contributed by atoms with Crippen LogP contribution in [0.1, 0.15) is 27.9 Å². The molecule has 0 radical (unpaired) electrons. The van der Waals surface area contributed by atoms with E-state index in [4.69, 9.17) is 14.5 Å². The van der Waals surface area contributed by atoms with E-state index >= 15 is 0 Å². The molecule has 4 aromatic rings. The molecule has 2 heterocycles. The van der Waals surface area contributed by atoms with E-state index in [9.17, 15) is 4.79 Å². The predicted molar refractivity (Wildman–Crippen MR) is 146 cm³/mol. The van der Waals surface area contributed by atoms with Crippen molar-refractivity contribution in [1.29, 1.82) is 0 Å². The monoisotopic (exact) mass is 501 g/mol. The number of hydrogen-bond donors (Lipinski definition) is 0. The van der Waals surface area contributed by atoms with Gasteiger partial charge in [-0.1, -0.05) is 47.7 Å². The number of morpholine rings is 1. The highest BCUT2D eigenvalue weighted by Gasteiger charge is 2.23. The van der Waals surface area contributed by atoms with Gasteiger partial charge in [-0.15, -0.1) is 0 Å². The zero-order valence-corrected chi connectivity index (χ0v) is 21.6. The Labute approximate surface area is 216 Å². The standard InChI is InChI=1S/C29H31N3O3S/c1-21-12-13-22(2)27-26(21)30-29(36-27)32(15-7-14-31-16-18-34-19-17-31)28(33)23-8-6-11-25(20-23)35-24-9-4-3-5-10-24/h3-6,8-13,20H,7,14-19H2,1-2H3.